The number of aromatic nitrogens is 1. The summed E-state index contributed by atoms with van der Waals surface area (Å²) < 4.78 is 0. The summed E-state index contributed by atoms with van der Waals surface area (Å²) in [5, 5.41) is 3.16. The summed E-state index contributed by atoms with van der Waals surface area (Å²) in [5.41, 5.74) is 3.06. The van der Waals surface area contributed by atoms with Crippen LogP contribution in [0.4, 0.5) is 4.79 Å². The zero-order valence-electron chi connectivity index (χ0n) is 14.7. The monoisotopic (exact) mass is 348 g/mol. The lowest BCUT2D eigenvalue weighted by atomic mass is 10.0. The number of likely N-dealkylation sites (tertiary alicyclic amines) is 1. The first-order valence-electron chi connectivity index (χ1n) is 8.91. The zero-order valence-corrected chi connectivity index (χ0v) is 15.5. The lowest BCUT2D eigenvalue weighted by Gasteiger charge is -2.24. The van der Waals surface area contributed by atoms with Crippen molar-refractivity contribution in [3.05, 3.63) is 28.2 Å². The maximum Gasteiger partial charge on any atom is 0.317 e. The summed E-state index contributed by atoms with van der Waals surface area (Å²) in [6.45, 7) is 5.80. The third kappa shape index (κ3) is 4.57. The van der Waals surface area contributed by atoms with Crippen LogP contribution in [0.25, 0.3) is 0 Å². The van der Waals surface area contributed by atoms with Gasteiger partial charge < -0.3 is 15.1 Å². The van der Waals surface area contributed by atoms with E-state index in [1.165, 1.54) is 11.3 Å². The van der Waals surface area contributed by atoms with E-state index < -0.39 is 0 Å². The number of aryl methyl sites for hydroxylation is 1. The van der Waals surface area contributed by atoms with Crippen molar-refractivity contribution in [1.29, 1.82) is 0 Å². The summed E-state index contributed by atoms with van der Waals surface area (Å²) in [5.74, 6) is 0.566. The molecule has 3 rings (SSSR count). The van der Waals surface area contributed by atoms with Gasteiger partial charge in [-0.25, -0.2) is 9.78 Å². The molecular weight excluding hydrogens is 320 g/mol. The Kier molecular flexibility index (Phi) is 5.89. The smallest absolute Gasteiger partial charge is 0.317 e. The van der Waals surface area contributed by atoms with Crippen LogP contribution in [0.5, 0.6) is 0 Å². The number of nitrogens with one attached hydrogen (secondary N) is 1. The van der Waals surface area contributed by atoms with E-state index in [0.29, 0.717) is 5.92 Å². The number of carbonyl (C=O) groups is 1. The van der Waals surface area contributed by atoms with Crippen LogP contribution < -0.4 is 5.32 Å². The average Bonchev–Trinajstić information content (AvgIpc) is 3.18. The molecule has 1 aromatic rings. The number of carbonyl (C=O) groups excluding carboxylic acids is 1. The molecule has 2 heterocycles. The molecule has 1 aromatic heterocycles. The van der Waals surface area contributed by atoms with Gasteiger partial charge in [-0.3, -0.25) is 0 Å². The van der Waals surface area contributed by atoms with Crippen molar-refractivity contribution in [2.45, 2.75) is 45.2 Å². The van der Waals surface area contributed by atoms with E-state index in [2.05, 4.69) is 41.3 Å². The van der Waals surface area contributed by atoms with Crippen LogP contribution in [0.2, 0.25) is 0 Å². The van der Waals surface area contributed by atoms with Crippen LogP contribution in [0.1, 0.15) is 36.3 Å². The normalized spacial score (nSPS) is 23.9. The Morgan fingerprint density at radius 1 is 1.50 bits per heavy atom. The topological polar surface area (TPSA) is 48.5 Å². The van der Waals surface area contributed by atoms with E-state index in [1.54, 1.807) is 11.3 Å². The maximum atomic E-state index is 12.4. The molecule has 1 saturated heterocycles. The van der Waals surface area contributed by atoms with Crippen molar-refractivity contribution in [2.75, 3.05) is 26.7 Å². The highest BCUT2D eigenvalue weighted by atomic mass is 32.1. The average molecular weight is 349 g/mol. The highest BCUT2D eigenvalue weighted by Gasteiger charge is 2.28. The molecule has 0 spiro atoms. The van der Waals surface area contributed by atoms with Gasteiger partial charge >= 0.3 is 6.03 Å². The molecule has 1 aliphatic heterocycles. The predicted molar refractivity (Wildman–Crippen MR) is 98.2 cm³/mol. The molecule has 6 heteroatoms. The van der Waals surface area contributed by atoms with Crippen molar-refractivity contribution in [2.24, 2.45) is 5.92 Å². The van der Waals surface area contributed by atoms with Crippen molar-refractivity contribution < 1.29 is 4.79 Å². The molecule has 2 atom stereocenters. The fraction of sp³-hybridized carbons (Fsp3) is 0.667. The maximum absolute atomic E-state index is 12.4. The summed E-state index contributed by atoms with van der Waals surface area (Å²) in [7, 11) is 2.16. The van der Waals surface area contributed by atoms with Crippen molar-refractivity contribution in [1.82, 2.24) is 20.1 Å². The second kappa shape index (κ2) is 8.12. The largest absolute Gasteiger partial charge is 0.332 e. The van der Waals surface area contributed by atoms with Gasteiger partial charge in [-0.1, -0.05) is 12.2 Å². The first-order chi connectivity index (χ1) is 11.6. The minimum absolute atomic E-state index is 0.106. The summed E-state index contributed by atoms with van der Waals surface area (Å²) in [4.78, 5) is 22.4. The summed E-state index contributed by atoms with van der Waals surface area (Å²) >= 11 is 1.73. The molecule has 0 saturated carbocycles. The van der Waals surface area contributed by atoms with Gasteiger partial charge in [0.15, 0.2) is 0 Å². The Balaban J connectivity index is 1.43. The molecular formula is C18H28N4OS. The second-order valence-electron chi connectivity index (χ2n) is 7.07. The third-order valence-electron chi connectivity index (χ3n) is 4.96. The van der Waals surface area contributed by atoms with Crippen molar-refractivity contribution in [3.8, 4) is 0 Å². The molecule has 24 heavy (non-hydrogen) atoms. The Bertz CT molecular complexity index is 585. The van der Waals surface area contributed by atoms with Crippen molar-refractivity contribution in [3.63, 3.8) is 0 Å². The molecule has 1 N–H and O–H groups in total. The second-order valence-corrected chi connectivity index (χ2v) is 8.01. The van der Waals surface area contributed by atoms with E-state index >= 15 is 0 Å². The van der Waals surface area contributed by atoms with E-state index in [1.807, 2.05) is 10.4 Å². The Morgan fingerprint density at radius 2 is 2.38 bits per heavy atom. The molecule has 1 fully saturated rings. The highest BCUT2D eigenvalue weighted by Crippen LogP contribution is 2.20. The van der Waals surface area contributed by atoms with Crippen LogP contribution >= 0.6 is 11.3 Å². The van der Waals surface area contributed by atoms with Gasteiger partial charge in [-0.2, -0.15) is 0 Å². The van der Waals surface area contributed by atoms with Gasteiger partial charge in [-0.05, 0) is 45.6 Å². The minimum atomic E-state index is 0.106. The number of allylic oxidation sites excluding steroid dienone is 1. The van der Waals surface area contributed by atoms with Gasteiger partial charge in [0.05, 0.1) is 11.2 Å². The molecule has 0 radical (unpaired) electrons. The SMILES string of the molecule is Cc1ncsc1CN(C)CC1CCN(C(=O)NC2C=CCCC2)C1. The molecule has 2 unspecified atom stereocenters. The van der Waals surface area contributed by atoms with Gasteiger partial charge in [-0.15, -0.1) is 11.3 Å². The molecule has 2 aliphatic rings. The number of urea groups is 1. The third-order valence-corrected chi connectivity index (χ3v) is 5.88. The van der Waals surface area contributed by atoms with Gasteiger partial charge in [0.25, 0.3) is 0 Å². The van der Waals surface area contributed by atoms with Gasteiger partial charge in [0.1, 0.15) is 0 Å². The zero-order chi connectivity index (χ0) is 16.9. The summed E-state index contributed by atoms with van der Waals surface area (Å²) in [6, 6.07) is 0.331. The van der Waals surface area contributed by atoms with Crippen molar-refractivity contribution >= 4 is 17.4 Å². The van der Waals surface area contributed by atoms with Gasteiger partial charge in [0.2, 0.25) is 0 Å². The molecule has 5 nitrogen and oxygen atoms in total. The van der Waals surface area contributed by atoms with E-state index in [4.69, 9.17) is 0 Å². The lowest BCUT2D eigenvalue weighted by molar-refractivity contribution is 0.201. The van der Waals surface area contributed by atoms with Crippen LogP contribution in [-0.2, 0) is 6.54 Å². The van der Waals surface area contributed by atoms with Gasteiger partial charge in [0, 0.05) is 37.1 Å². The first kappa shape index (κ1) is 17.4. The standard InChI is InChI=1S/C18H28N4OS/c1-14-17(24-13-19-14)12-21(2)10-15-8-9-22(11-15)18(23)20-16-6-4-3-5-7-16/h4,6,13,15-16H,3,5,7-12H2,1-2H3,(H,20,23). The lowest BCUT2D eigenvalue weighted by Crippen LogP contribution is -2.44. The number of nitrogens with zero attached hydrogens (tertiary/aromatic N) is 3. The summed E-state index contributed by atoms with van der Waals surface area (Å²) in [6.07, 6.45) is 8.80. The number of rotatable bonds is 5. The molecule has 0 bridgehead atoms. The molecule has 132 valence electrons. The predicted octanol–water partition coefficient (Wildman–Crippen LogP) is 3.02. The molecule has 2 amide bonds. The van der Waals surface area contributed by atoms with Crippen LogP contribution in [0, 0.1) is 12.8 Å². The van der Waals surface area contributed by atoms with E-state index in [0.717, 1.165) is 51.1 Å². The Morgan fingerprint density at radius 3 is 3.08 bits per heavy atom. The fourth-order valence-electron chi connectivity index (χ4n) is 3.58. The Labute approximate surface area is 148 Å². The molecule has 0 aromatic carbocycles. The van der Waals surface area contributed by atoms with E-state index in [9.17, 15) is 4.79 Å². The number of hydrogen-bond acceptors (Lipinski definition) is 4. The fourth-order valence-corrected chi connectivity index (χ4v) is 4.43. The molecule has 1 aliphatic carbocycles. The van der Waals surface area contributed by atoms with Crippen LogP contribution in [-0.4, -0.2) is 53.5 Å². The van der Waals surface area contributed by atoms with Crippen LogP contribution in [0.3, 0.4) is 0 Å². The highest BCUT2D eigenvalue weighted by molar-refractivity contribution is 7.09. The first-order valence-corrected chi connectivity index (χ1v) is 9.79. The quantitative estimate of drug-likeness (QED) is 0.832. The number of thiazole rings is 1. The van der Waals surface area contributed by atoms with E-state index in [-0.39, 0.29) is 12.1 Å². The number of hydrogen-bond donors (Lipinski definition) is 1. The minimum Gasteiger partial charge on any atom is -0.332 e. The van der Waals surface area contributed by atoms with Crippen LogP contribution in [0.15, 0.2) is 17.7 Å². The Hall–Kier alpha value is -1.40. The number of amides is 2.